The standard InChI is InChI=1S/C20H23NO3S/c1-15-3-7-17(8-4-15)13-21(18-9-10-18)20(22)14-25(23,24)19-11-5-16(2)6-12-19/h3-8,11-12,18H,9-10,13-14H2,1-2H3. The Bertz CT molecular complexity index is 851. The van der Waals surface area contributed by atoms with Crippen LogP contribution in [-0.2, 0) is 21.2 Å². The van der Waals surface area contributed by atoms with Crippen LogP contribution in [0.3, 0.4) is 0 Å². The number of carbonyl (C=O) groups is 1. The maximum Gasteiger partial charge on any atom is 0.238 e. The molecule has 2 aromatic rings. The molecule has 0 saturated heterocycles. The van der Waals surface area contributed by atoms with E-state index in [1.54, 1.807) is 29.2 Å². The van der Waals surface area contributed by atoms with Crippen molar-refractivity contribution in [3.63, 3.8) is 0 Å². The van der Waals surface area contributed by atoms with Crippen LogP contribution in [0.1, 0.15) is 29.5 Å². The number of amides is 1. The van der Waals surface area contributed by atoms with Gasteiger partial charge in [-0.3, -0.25) is 4.79 Å². The topological polar surface area (TPSA) is 54.5 Å². The third-order valence-corrected chi connectivity index (χ3v) is 6.09. The van der Waals surface area contributed by atoms with Crippen LogP contribution in [0.15, 0.2) is 53.4 Å². The SMILES string of the molecule is Cc1ccc(CN(C(=O)CS(=O)(=O)c2ccc(C)cc2)C2CC2)cc1. The van der Waals surface area contributed by atoms with Gasteiger partial charge in [0.05, 0.1) is 4.90 Å². The molecule has 0 aromatic heterocycles. The minimum absolute atomic E-state index is 0.169. The van der Waals surface area contributed by atoms with Gasteiger partial charge in [0.15, 0.2) is 9.84 Å². The van der Waals surface area contributed by atoms with Crippen LogP contribution in [0.4, 0.5) is 0 Å². The summed E-state index contributed by atoms with van der Waals surface area (Å²) in [5.74, 6) is -0.790. The van der Waals surface area contributed by atoms with Crippen LogP contribution in [0.25, 0.3) is 0 Å². The normalized spacial score (nSPS) is 14.3. The van der Waals surface area contributed by atoms with E-state index >= 15 is 0 Å². The highest BCUT2D eigenvalue weighted by Crippen LogP contribution is 2.29. The second-order valence-electron chi connectivity index (χ2n) is 6.81. The number of hydrogen-bond acceptors (Lipinski definition) is 3. The minimum Gasteiger partial charge on any atom is -0.334 e. The molecule has 5 heteroatoms. The summed E-state index contributed by atoms with van der Waals surface area (Å²) >= 11 is 0. The molecule has 0 atom stereocenters. The van der Waals surface area contributed by atoms with Crippen molar-refractivity contribution in [2.24, 2.45) is 0 Å². The molecule has 4 nitrogen and oxygen atoms in total. The predicted molar refractivity (Wildman–Crippen MR) is 98.0 cm³/mol. The Balaban J connectivity index is 1.74. The van der Waals surface area contributed by atoms with Gasteiger partial charge in [-0.1, -0.05) is 47.5 Å². The van der Waals surface area contributed by atoms with Gasteiger partial charge in [-0.2, -0.15) is 0 Å². The molecule has 1 aliphatic rings. The van der Waals surface area contributed by atoms with Crippen LogP contribution in [0.5, 0.6) is 0 Å². The first-order valence-electron chi connectivity index (χ1n) is 8.49. The van der Waals surface area contributed by atoms with Crippen molar-refractivity contribution in [3.05, 3.63) is 65.2 Å². The number of carbonyl (C=O) groups excluding carboxylic acids is 1. The Morgan fingerprint density at radius 1 is 0.960 bits per heavy atom. The lowest BCUT2D eigenvalue weighted by molar-refractivity contribution is -0.129. The van der Waals surface area contributed by atoms with E-state index in [2.05, 4.69) is 0 Å². The zero-order valence-electron chi connectivity index (χ0n) is 14.6. The molecule has 1 saturated carbocycles. The van der Waals surface area contributed by atoms with E-state index in [1.807, 2.05) is 38.1 Å². The average molecular weight is 357 g/mol. The van der Waals surface area contributed by atoms with Gasteiger partial charge in [0.25, 0.3) is 0 Å². The zero-order valence-corrected chi connectivity index (χ0v) is 15.4. The molecule has 0 bridgehead atoms. The monoisotopic (exact) mass is 357 g/mol. The van der Waals surface area contributed by atoms with Gasteiger partial charge in [0, 0.05) is 12.6 Å². The summed E-state index contributed by atoms with van der Waals surface area (Å²) in [5, 5.41) is 0. The number of hydrogen-bond donors (Lipinski definition) is 0. The van der Waals surface area contributed by atoms with Crippen LogP contribution in [0.2, 0.25) is 0 Å². The quantitative estimate of drug-likeness (QED) is 0.797. The molecule has 0 heterocycles. The lowest BCUT2D eigenvalue weighted by Gasteiger charge is -2.22. The first-order valence-corrected chi connectivity index (χ1v) is 10.1. The van der Waals surface area contributed by atoms with Crippen LogP contribution in [0, 0.1) is 13.8 Å². The maximum atomic E-state index is 12.7. The highest BCUT2D eigenvalue weighted by molar-refractivity contribution is 7.92. The van der Waals surface area contributed by atoms with Crippen molar-refractivity contribution in [3.8, 4) is 0 Å². The van der Waals surface area contributed by atoms with Gasteiger partial charge >= 0.3 is 0 Å². The van der Waals surface area contributed by atoms with Crippen LogP contribution >= 0.6 is 0 Å². The fourth-order valence-electron chi connectivity index (χ4n) is 2.77. The third-order valence-electron chi connectivity index (χ3n) is 4.48. The molecule has 0 radical (unpaired) electrons. The van der Waals surface area contributed by atoms with E-state index in [9.17, 15) is 13.2 Å². The summed E-state index contributed by atoms with van der Waals surface area (Å²) in [6.07, 6.45) is 1.89. The van der Waals surface area contributed by atoms with E-state index in [-0.39, 0.29) is 16.8 Å². The highest BCUT2D eigenvalue weighted by Gasteiger charge is 2.34. The maximum absolute atomic E-state index is 12.7. The van der Waals surface area contributed by atoms with E-state index < -0.39 is 15.6 Å². The fourth-order valence-corrected chi connectivity index (χ4v) is 3.98. The molecule has 1 aliphatic carbocycles. The molecule has 0 N–H and O–H groups in total. The van der Waals surface area contributed by atoms with Crippen LogP contribution < -0.4 is 0 Å². The van der Waals surface area contributed by atoms with Crippen LogP contribution in [-0.4, -0.2) is 31.0 Å². The van der Waals surface area contributed by atoms with Crippen molar-refractivity contribution < 1.29 is 13.2 Å². The molecular weight excluding hydrogens is 334 g/mol. The molecule has 3 rings (SSSR count). The minimum atomic E-state index is -3.62. The largest absolute Gasteiger partial charge is 0.334 e. The van der Waals surface area contributed by atoms with E-state index in [1.165, 1.54) is 0 Å². The third kappa shape index (κ3) is 4.48. The number of benzene rings is 2. The second kappa shape index (κ2) is 7.00. The Morgan fingerprint density at radius 3 is 2.00 bits per heavy atom. The Morgan fingerprint density at radius 2 is 1.48 bits per heavy atom. The Kier molecular flexibility index (Phi) is 4.95. The Hall–Kier alpha value is -2.14. The van der Waals surface area contributed by atoms with Gasteiger partial charge in [0.2, 0.25) is 5.91 Å². The molecule has 132 valence electrons. The number of sulfone groups is 1. The molecule has 25 heavy (non-hydrogen) atoms. The predicted octanol–water partition coefficient (Wildman–Crippen LogP) is 3.27. The summed E-state index contributed by atoms with van der Waals surface area (Å²) in [6, 6.07) is 14.8. The summed E-state index contributed by atoms with van der Waals surface area (Å²) in [5.41, 5.74) is 3.18. The molecule has 0 aliphatic heterocycles. The van der Waals surface area contributed by atoms with Crippen molar-refractivity contribution in [1.82, 2.24) is 4.90 Å². The highest BCUT2D eigenvalue weighted by atomic mass is 32.2. The molecule has 1 fully saturated rings. The molecular formula is C20H23NO3S. The van der Waals surface area contributed by atoms with Crippen molar-refractivity contribution >= 4 is 15.7 Å². The Labute approximate surface area is 149 Å². The number of nitrogens with zero attached hydrogens (tertiary/aromatic N) is 1. The lowest BCUT2D eigenvalue weighted by atomic mass is 10.1. The van der Waals surface area contributed by atoms with Gasteiger partial charge in [-0.25, -0.2) is 8.42 Å². The molecule has 1 amide bonds. The molecule has 0 unspecified atom stereocenters. The number of aryl methyl sites for hydroxylation is 2. The summed E-state index contributed by atoms with van der Waals surface area (Å²) in [4.78, 5) is 14.6. The van der Waals surface area contributed by atoms with Crippen molar-refractivity contribution in [1.29, 1.82) is 0 Å². The number of rotatable bonds is 6. The van der Waals surface area contributed by atoms with Gasteiger partial charge in [-0.15, -0.1) is 0 Å². The fraction of sp³-hybridized carbons (Fsp3) is 0.350. The lowest BCUT2D eigenvalue weighted by Crippen LogP contribution is -2.37. The smallest absolute Gasteiger partial charge is 0.238 e. The van der Waals surface area contributed by atoms with E-state index in [0.29, 0.717) is 6.54 Å². The molecule has 2 aromatic carbocycles. The van der Waals surface area contributed by atoms with Gasteiger partial charge < -0.3 is 4.90 Å². The van der Waals surface area contributed by atoms with Gasteiger partial charge in [-0.05, 0) is 44.4 Å². The van der Waals surface area contributed by atoms with Gasteiger partial charge in [0.1, 0.15) is 5.75 Å². The first-order chi connectivity index (χ1) is 11.8. The van der Waals surface area contributed by atoms with E-state index in [0.717, 1.165) is 29.5 Å². The van der Waals surface area contributed by atoms with E-state index in [4.69, 9.17) is 0 Å². The zero-order chi connectivity index (χ0) is 18.0. The van der Waals surface area contributed by atoms with Crippen molar-refractivity contribution in [2.75, 3.05) is 5.75 Å². The van der Waals surface area contributed by atoms with Crippen molar-refractivity contribution in [2.45, 2.75) is 44.2 Å². The molecule has 0 spiro atoms. The average Bonchev–Trinajstić information content (AvgIpc) is 3.39. The summed E-state index contributed by atoms with van der Waals surface area (Å²) in [7, 11) is -3.62. The second-order valence-corrected chi connectivity index (χ2v) is 8.80. The summed E-state index contributed by atoms with van der Waals surface area (Å²) in [6.45, 7) is 4.38. The first kappa shape index (κ1) is 17.7. The summed E-state index contributed by atoms with van der Waals surface area (Å²) < 4.78 is 25.1.